The number of methoxy groups -OCH3 is 2. The zero-order chi connectivity index (χ0) is 18.5. The molecule has 0 aromatic carbocycles. The summed E-state index contributed by atoms with van der Waals surface area (Å²) in [5, 5.41) is 5.70. The van der Waals surface area contributed by atoms with Crippen molar-refractivity contribution in [1.29, 1.82) is 0 Å². The van der Waals surface area contributed by atoms with Gasteiger partial charge in [0.1, 0.15) is 0 Å². The SMILES string of the molecule is CC[C@H](C)[C@H](CNC(=O)OC)[Se][Se][C@@H](CNC(=O)OC)[C@@H](C)CC. The van der Waals surface area contributed by atoms with Gasteiger partial charge in [-0.15, -0.1) is 0 Å². The third-order valence-electron chi connectivity index (χ3n) is 4.13. The maximum atomic E-state index is 11.3. The molecule has 0 saturated carbocycles. The Bertz CT molecular complexity index is 338. The van der Waals surface area contributed by atoms with Crippen LogP contribution in [0.1, 0.15) is 40.5 Å². The van der Waals surface area contributed by atoms with Gasteiger partial charge in [-0.25, -0.2) is 0 Å². The normalized spacial score (nSPS) is 15.8. The molecule has 0 radical (unpaired) electrons. The average molecular weight is 474 g/mol. The molecule has 0 spiro atoms. The fourth-order valence-electron chi connectivity index (χ4n) is 1.84. The van der Waals surface area contributed by atoms with Crippen LogP contribution in [-0.2, 0) is 9.47 Å². The van der Waals surface area contributed by atoms with Gasteiger partial charge in [0.05, 0.1) is 0 Å². The van der Waals surface area contributed by atoms with E-state index in [1.807, 2.05) is 0 Å². The van der Waals surface area contributed by atoms with Gasteiger partial charge < -0.3 is 0 Å². The summed E-state index contributed by atoms with van der Waals surface area (Å²) >= 11 is 0.880. The predicted octanol–water partition coefficient (Wildman–Crippen LogP) is 2.69. The van der Waals surface area contributed by atoms with Gasteiger partial charge in [0.25, 0.3) is 0 Å². The Morgan fingerprint density at radius 1 is 0.833 bits per heavy atom. The third-order valence-corrected chi connectivity index (χ3v) is 14.6. The Morgan fingerprint density at radius 3 is 1.42 bits per heavy atom. The van der Waals surface area contributed by atoms with Gasteiger partial charge in [0.15, 0.2) is 0 Å². The van der Waals surface area contributed by atoms with Crippen LogP contribution in [0.25, 0.3) is 0 Å². The fourth-order valence-corrected chi connectivity index (χ4v) is 13.4. The molecule has 0 aromatic rings. The molecule has 4 atom stereocenters. The van der Waals surface area contributed by atoms with Crippen LogP contribution >= 0.6 is 0 Å². The number of ether oxygens (including phenoxy) is 2. The Morgan fingerprint density at radius 2 is 1.17 bits per heavy atom. The molecule has 0 aliphatic heterocycles. The molecule has 0 aliphatic rings. The summed E-state index contributed by atoms with van der Waals surface area (Å²) in [7, 11) is 2.78. The van der Waals surface area contributed by atoms with E-state index in [9.17, 15) is 9.59 Å². The second kappa shape index (κ2) is 13.8. The van der Waals surface area contributed by atoms with Gasteiger partial charge in [-0.3, -0.25) is 0 Å². The van der Waals surface area contributed by atoms with E-state index in [0.29, 0.717) is 60.8 Å². The molecule has 0 saturated heterocycles. The Balaban J connectivity index is 4.64. The molecule has 142 valence electrons. The Hall–Kier alpha value is -0.421. The van der Waals surface area contributed by atoms with Crippen LogP contribution < -0.4 is 10.6 Å². The molecule has 0 heterocycles. The topological polar surface area (TPSA) is 76.7 Å². The van der Waals surface area contributed by atoms with Crippen molar-refractivity contribution >= 4 is 38.4 Å². The molecule has 2 N–H and O–H groups in total. The van der Waals surface area contributed by atoms with E-state index in [4.69, 9.17) is 0 Å². The quantitative estimate of drug-likeness (QED) is 0.452. The van der Waals surface area contributed by atoms with Gasteiger partial charge in [-0.05, 0) is 0 Å². The van der Waals surface area contributed by atoms with E-state index >= 15 is 0 Å². The monoisotopic (exact) mass is 476 g/mol. The zero-order valence-electron chi connectivity index (χ0n) is 15.6. The van der Waals surface area contributed by atoms with Gasteiger partial charge in [0, 0.05) is 0 Å². The number of carbonyl (C=O) groups is 2. The zero-order valence-corrected chi connectivity index (χ0v) is 19.0. The number of carbonyl (C=O) groups excluding carboxylic acids is 2. The average Bonchev–Trinajstić information content (AvgIpc) is 2.61. The van der Waals surface area contributed by atoms with E-state index in [1.165, 1.54) is 14.2 Å². The van der Waals surface area contributed by atoms with Crippen LogP contribution in [0.3, 0.4) is 0 Å². The van der Waals surface area contributed by atoms with Crippen molar-refractivity contribution in [3.63, 3.8) is 0 Å². The molecule has 0 aromatic heterocycles. The first-order chi connectivity index (χ1) is 11.4. The summed E-state index contributed by atoms with van der Waals surface area (Å²) in [6.07, 6.45) is 1.47. The number of hydrogen-bond acceptors (Lipinski definition) is 4. The minimum absolute atomic E-state index is 0.363. The first kappa shape index (κ1) is 23.6. The number of rotatable bonds is 11. The van der Waals surface area contributed by atoms with Gasteiger partial charge in [-0.2, -0.15) is 0 Å². The standard InChI is InChI=1S/C16H32N2O4Se2/c1-7-11(3)13(9-17-15(19)21-5)23-24-14(12(4)8-2)10-18-16(20)22-6/h11-14H,7-10H2,1-6H3,(H,17,19)(H,18,20)/t11-,12-,13-,14-/m0/s1. The molecular weight excluding hydrogens is 442 g/mol. The van der Waals surface area contributed by atoms with Crippen LogP contribution in [0.2, 0.25) is 9.63 Å². The summed E-state index contributed by atoms with van der Waals surface area (Å²) in [5.74, 6) is 1.13. The van der Waals surface area contributed by atoms with E-state index < -0.39 is 0 Å². The molecular formula is C16H32N2O4Se2. The fraction of sp³-hybridized carbons (Fsp3) is 0.875. The van der Waals surface area contributed by atoms with Crippen molar-refractivity contribution in [3.8, 4) is 0 Å². The molecule has 0 rings (SSSR count). The number of alkyl carbamates (subject to hydrolysis) is 2. The van der Waals surface area contributed by atoms with E-state index in [1.54, 1.807) is 0 Å². The molecule has 2 amide bonds. The second-order valence-corrected chi connectivity index (χ2v) is 13.3. The molecule has 6 nitrogen and oxygen atoms in total. The molecule has 0 aliphatic carbocycles. The van der Waals surface area contributed by atoms with E-state index in [-0.39, 0.29) is 12.2 Å². The van der Waals surface area contributed by atoms with Crippen LogP contribution in [0.4, 0.5) is 9.59 Å². The van der Waals surface area contributed by atoms with Crippen LogP contribution in [0.15, 0.2) is 0 Å². The maximum absolute atomic E-state index is 11.3. The molecule has 8 heteroatoms. The van der Waals surface area contributed by atoms with Crippen molar-refractivity contribution in [2.24, 2.45) is 11.8 Å². The van der Waals surface area contributed by atoms with Crippen LogP contribution in [0, 0.1) is 11.8 Å². The van der Waals surface area contributed by atoms with Gasteiger partial charge in [-0.1, -0.05) is 0 Å². The van der Waals surface area contributed by atoms with Crippen molar-refractivity contribution in [2.45, 2.75) is 50.2 Å². The van der Waals surface area contributed by atoms with E-state index in [0.717, 1.165) is 12.8 Å². The summed E-state index contributed by atoms with van der Waals surface area (Å²) in [4.78, 5) is 23.7. The molecule has 0 bridgehead atoms. The number of amides is 2. The summed E-state index contributed by atoms with van der Waals surface area (Å²) in [5.41, 5.74) is 0. The number of hydrogen-bond donors (Lipinski definition) is 2. The Kier molecular flexibility index (Phi) is 13.6. The first-order valence-electron chi connectivity index (χ1n) is 8.35. The molecule has 24 heavy (non-hydrogen) atoms. The van der Waals surface area contributed by atoms with Crippen LogP contribution in [0.5, 0.6) is 0 Å². The van der Waals surface area contributed by atoms with Crippen LogP contribution in [-0.4, -0.2) is 65.8 Å². The molecule has 0 unspecified atom stereocenters. The molecule has 0 fully saturated rings. The van der Waals surface area contributed by atoms with Crippen molar-refractivity contribution in [2.75, 3.05) is 27.3 Å². The number of nitrogens with one attached hydrogen (secondary N) is 2. The Labute approximate surface area is 157 Å². The van der Waals surface area contributed by atoms with Crippen molar-refractivity contribution < 1.29 is 19.1 Å². The minimum atomic E-state index is -0.363. The summed E-state index contributed by atoms with van der Waals surface area (Å²) in [6, 6.07) is 0. The first-order valence-corrected chi connectivity index (χ1v) is 14.7. The van der Waals surface area contributed by atoms with Gasteiger partial charge in [0.2, 0.25) is 0 Å². The summed E-state index contributed by atoms with van der Waals surface area (Å²) < 4.78 is 9.35. The van der Waals surface area contributed by atoms with E-state index in [2.05, 4.69) is 47.8 Å². The second-order valence-electron chi connectivity index (χ2n) is 5.79. The summed E-state index contributed by atoms with van der Waals surface area (Å²) in [6.45, 7) is 10.2. The van der Waals surface area contributed by atoms with Crippen molar-refractivity contribution in [3.05, 3.63) is 0 Å². The predicted molar refractivity (Wildman–Crippen MR) is 98.7 cm³/mol. The van der Waals surface area contributed by atoms with Crippen molar-refractivity contribution in [1.82, 2.24) is 10.6 Å². The third kappa shape index (κ3) is 9.77. The van der Waals surface area contributed by atoms with Gasteiger partial charge >= 0.3 is 157 Å².